The summed E-state index contributed by atoms with van der Waals surface area (Å²) in [5, 5.41) is 0. The van der Waals surface area contributed by atoms with E-state index >= 15 is 0 Å². The summed E-state index contributed by atoms with van der Waals surface area (Å²) in [6.45, 7) is 8.69. The van der Waals surface area contributed by atoms with E-state index in [-0.39, 0.29) is 0 Å². The Hall–Kier alpha value is -0.120. The molecule has 1 rings (SSSR count). The van der Waals surface area contributed by atoms with Crippen LogP contribution in [0.5, 0.6) is 0 Å². The Balaban J connectivity index is 2.43. The smallest absolute Gasteiger partial charge is 0.0589 e. The lowest BCUT2D eigenvalue weighted by atomic mass is 9.81. The molecule has 1 aliphatic carbocycles. The van der Waals surface area contributed by atoms with Gasteiger partial charge in [-0.05, 0) is 56.9 Å². The maximum atomic E-state index is 5.78. The van der Waals surface area contributed by atoms with Crippen molar-refractivity contribution in [3.05, 3.63) is 0 Å². The molecule has 0 amide bonds. The van der Waals surface area contributed by atoms with Crippen molar-refractivity contribution in [2.45, 2.75) is 58.4 Å². The van der Waals surface area contributed by atoms with Crippen LogP contribution in [0.1, 0.15) is 52.4 Å². The van der Waals surface area contributed by atoms with Gasteiger partial charge < -0.3 is 10.5 Å². The van der Waals surface area contributed by atoms with Crippen molar-refractivity contribution in [1.82, 2.24) is 4.90 Å². The van der Waals surface area contributed by atoms with Crippen LogP contribution in [0.25, 0.3) is 0 Å². The predicted octanol–water partition coefficient (Wildman–Crippen LogP) is 2.89. The Morgan fingerprint density at radius 1 is 1.11 bits per heavy atom. The van der Waals surface area contributed by atoms with Crippen molar-refractivity contribution in [1.29, 1.82) is 0 Å². The van der Waals surface area contributed by atoms with Gasteiger partial charge >= 0.3 is 0 Å². The van der Waals surface area contributed by atoms with Crippen LogP contribution in [-0.2, 0) is 4.74 Å². The van der Waals surface area contributed by atoms with Crippen molar-refractivity contribution >= 4 is 0 Å². The monoisotopic (exact) mass is 270 g/mol. The van der Waals surface area contributed by atoms with E-state index in [1.165, 1.54) is 45.1 Å². The SMILES string of the molecule is CCC(CC)N(CCOC)CC1CCC(CN)CC1. The molecule has 0 unspecified atom stereocenters. The van der Waals surface area contributed by atoms with Crippen LogP contribution in [-0.4, -0.2) is 44.3 Å². The molecule has 0 aromatic carbocycles. The molecule has 3 heteroatoms. The molecule has 0 aromatic rings. The number of nitrogens with zero attached hydrogens (tertiary/aromatic N) is 1. The van der Waals surface area contributed by atoms with Gasteiger partial charge in [0.2, 0.25) is 0 Å². The van der Waals surface area contributed by atoms with Crippen molar-refractivity contribution in [3.63, 3.8) is 0 Å². The minimum atomic E-state index is 0.724. The summed E-state index contributed by atoms with van der Waals surface area (Å²) in [7, 11) is 1.80. The molecule has 0 spiro atoms. The average molecular weight is 270 g/mol. The Bertz CT molecular complexity index is 211. The molecule has 0 bridgehead atoms. The third-order valence-electron chi connectivity index (χ3n) is 4.83. The van der Waals surface area contributed by atoms with Gasteiger partial charge in [0.1, 0.15) is 0 Å². The molecule has 0 radical (unpaired) electrons. The molecule has 1 aliphatic rings. The van der Waals surface area contributed by atoms with Crippen molar-refractivity contribution in [2.75, 3.05) is 33.4 Å². The zero-order chi connectivity index (χ0) is 14.1. The van der Waals surface area contributed by atoms with E-state index in [1.807, 2.05) is 0 Å². The molecule has 1 fully saturated rings. The van der Waals surface area contributed by atoms with Gasteiger partial charge in [0.15, 0.2) is 0 Å². The Morgan fingerprint density at radius 2 is 1.68 bits per heavy atom. The summed E-state index contributed by atoms with van der Waals surface area (Å²) in [6.07, 6.45) is 7.90. The average Bonchev–Trinajstić information content (AvgIpc) is 2.46. The lowest BCUT2D eigenvalue weighted by Crippen LogP contribution is -2.41. The second-order valence-electron chi connectivity index (χ2n) is 6.08. The quantitative estimate of drug-likeness (QED) is 0.700. The van der Waals surface area contributed by atoms with E-state index in [0.717, 1.165) is 37.6 Å². The zero-order valence-electron chi connectivity index (χ0n) is 13.2. The molecular weight excluding hydrogens is 236 g/mol. The van der Waals surface area contributed by atoms with E-state index in [0.29, 0.717) is 0 Å². The first-order valence-electron chi connectivity index (χ1n) is 8.18. The van der Waals surface area contributed by atoms with Crippen LogP contribution in [0.2, 0.25) is 0 Å². The third kappa shape index (κ3) is 5.80. The van der Waals surface area contributed by atoms with E-state index in [4.69, 9.17) is 10.5 Å². The first-order chi connectivity index (χ1) is 9.24. The summed E-state index contributed by atoms with van der Waals surface area (Å²) in [6, 6.07) is 0.724. The van der Waals surface area contributed by atoms with Crippen LogP contribution in [0.15, 0.2) is 0 Å². The molecule has 114 valence electrons. The van der Waals surface area contributed by atoms with E-state index in [1.54, 1.807) is 7.11 Å². The second-order valence-corrected chi connectivity index (χ2v) is 6.08. The van der Waals surface area contributed by atoms with Gasteiger partial charge in [-0.2, -0.15) is 0 Å². The minimum Gasteiger partial charge on any atom is -0.383 e. The number of methoxy groups -OCH3 is 1. The summed E-state index contributed by atoms with van der Waals surface area (Å²) in [4.78, 5) is 2.66. The number of nitrogens with two attached hydrogens (primary N) is 1. The van der Waals surface area contributed by atoms with Crippen LogP contribution < -0.4 is 5.73 Å². The summed E-state index contributed by atoms with van der Waals surface area (Å²) >= 11 is 0. The van der Waals surface area contributed by atoms with Gasteiger partial charge in [-0.15, -0.1) is 0 Å². The number of hydrogen-bond donors (Lipinski definition) is 1. The van der Waals surface area contributed by atoms with Crippen molar-refractivity contribution in [3.8, 4) is 0 Å². The fraction of sp³-hybridized carbons (Fsp3) is 1.00. The lowest BCUT2D eigenvalue weighted by Gasteiger charge is -2.36. The summed E-state index contributed by atoms with van der Waals surface area (Å²) in [5.74, 6) is 1.66. The first-order valence-corrected chi connectivity index (χ1v) is 8.18. The molecule has 0 aliphatic heterocycles. The normalized spacial score (nSPS) is 24.3. The van der Waals surface area contributed by atoms with Crippen LogP contribution >= 0.6 is 0 Å². The fourth-order valence-electron chi connectivity index (χ4n) is 3.42. The Morgan fingerprint density at radius 3 is 2.16 bits per heavy atom. The van der Waals surface area contributed by atoms with Crippen LogP contribution in [0.4, 0.5) is 0 Å². The molecule has 0 aromatic heterocycles. The maximum Gasteiger partial charge on any atom is 0.0589 e. The minimum absolute atomic E-state index is 0.724. The van der Waals surface area contributed by atoms with Crippen molar-refractivity contribution < 1.29 is 4.74 Å². The Labute approximate surface area is 119 Å². The van der Waals surface area contributed by atoms with Gasteiger partial charge in [-0.1, -0.05) is 13.8 Å². The van der Waals surface area contributed by atoms with E-state index < -0.39 is 0 Å². The molecule has 0 heterocycles. The summed E-state index contributed by atoms with van der Waals surface area (Å²) in [5.41, 5.74) is 5.78. The molecule has 0 saturated heterocycles. The molecule has 1 saturated carbocycles. The standard InChI is InChI=1S/C16H34N2O/c1-4-16(5-2)18(10-11-19-3)13-15-8-6-14(12-17)7-9-15/h14-16H,4-13,17H2,1-3H3. The Kier molecular flexibility index (Phi) is 8.67. The largest absolute Gasteiger partial charge is 0.383 e. The van der Waals surface area contributed by atoms with Gasteiger partial charge in [-0.3, -0.25) is 4.90 Å². The van der Waals surface area contributed by atoms with Crippen LogP contribution in [0, 0.1) is 11.8 Å². The highest BCUT2D eigenvalue weighted by Crippen LogP contribution is 2.29. The topological polar surface area (TPSA) is 38.5 Å². The van der Waals surface area contributed by atoms with E-state index in [2.05, 4.69) is 18.7 Å². The van der Waals surface area contributed by atoms with Gasteiger partial charge in [0, 0.05) is 26.2 Å². The third-order valence-corrected chi connectivity index (χ3v) is 4.83. The van der Waals surface area contributed by atoms with Crippen molar-refractivity contribution in [2.24, 2.45) is 17.6 Å². The number of rotatable bonds is 9. The van der Waals surface area contributed by atoms with Gasteiger partial charge in [0.25, 0.3) is 0 Å². The lowest BCUT2D eigenvalue weighted by molar-refractivity contribution is 0.0902. The molecule has 2 N–H and O–H groups in total. The molecule has 3 nitrogen and oxygen atoms in total. The summed E-state index contributed by atoms with van der Waals surface area (Å²) < 4.78 is 5.28. The second kappa shape index (κ2) is 9.73. The van der Waals surface area contributed by atoms with E-state index in [9.17, 15) is 0 Å². The highest BCUT2D eigenvalue weighted by molar-refractivity contribution is 4.78. The fourth-order valence-corrected chi connectivity index (χ4v) is 3.42. The highest BCUT2D eigenvalue weighted by Gasteiger charge is 2.24. The molecule has 19 heavy (non-hydrogen) atoms. The number of hydrogen-bond acceptors (Lipinski definition) is 3. The maximum absolute atomic E-state index is 5.78. The van der Waals surface area contributed by atoms with Gasteiger partial charge in [0.05, 0.1) is 6.61 Å². The predicted molar refractivity (Wildman–Crippen MR) is 82.3 cm³/mol. The molecular formula is C16H34N2O. The zero-order valence-corrected chi connectivity index (χ0v) is 13.2. The highest BCUT2D eigenvalue weighted by atomic mass is 16.5. The molecule has 0 atom stereocenters. The van der Waals surface area contributed by atoms with Gasteiger partial charge in [-0.25, -0.2) is 0 Å². The first kappa shape index (κ1) is 16.9. The number of ether oxygens (including phenoxy) is 1. The van der Waals surface area contributed by atoms with Crippen LogP contribution in [0.3, 0.4) is 0 Å².